The Bertz CT molecular complexity index is 807. The first-order chi connectivity index (χ1) is 11.6. The highest BCUT2D eigenvalue weighted by atomic mass is 32.2. The molecule has 1 saturated heterocycles. The number of rotatable bonds is 5. The van der Waals surface area contributed by atoms with Crippen LogP contribution in [0.2, 0.25) is 0 Å². The highest BCUT2D eigenvalue weighted by Gasteiger charge is 2.26. The second-order valence-corrected chi connectivity index (χ2v) is 8.45. The van der Waals surface area contributed by atoms with Gasteiger partial charge in [-0.3, -0.25) is 4.99 Å². The van der Waals surface area contributed by atoms with Gasteiger partial charge in [-0.05, 0) is 61.1 Å². The van der Waals surface area contributed by atoms with Gasteiger partial charge in [0.1, 0.15) is 0 Å². The summed E-state index contributed by atoms with van der Waals surface area (Å²) < 4.78 is 26.5. The second-order valence-electron chi connectivity index (χ2n) is 5.64. The van der Waals surface area contributed by atoms with Crippen molar-refractivity contribution in [2.45, 2.75) is 22.6 Å². The summed E-state index contributed by atoms with van der Waals surface area (Å²) in [5.74, 6) is 0. The van der Waals surface area contributed by atoms with Crippen molar-refractivity contribution < 1.29 is 8.42 Å². The van der Waals surface area contributed by atoms with Gasteiger partial charge in [0.2, 0.25) is 10.0 Å². The summed E-state index contributed by atoms with van der Waals surface area (Å²) in [7, 11) is -3.35. The summed E-state index contributed by atoms with van der Waals surface area (Å²) in [6.45, 7) is 1.24. The molecule has 0 spiro atoms. The standard InChI is InChI=1S/C18H20N2O2S2/c1-23-17-8-4-15(5-9-17)14-19-16-6-10-18(11-7-16)24(21,22)20-12-2-3-13-20/h4-11,14H,2-3,12-13H2,1H3. The van der Waals surface area contributed by atoms with Crippen LogP contribution >= 0.6 is 11.8 Å². The lowest BCUT2D eigenvalue weighted by Crippen LogP contribution is -2.27. The number of benzene rings is 2. The lowest BCUT2D eigenvalue weighted by molar-refractivity contribution is 0.477. The molecule has 0 amide bonds. The summed E-state index contributed by atoms with van der Waals surface area (Å²) in [5.41, 5.74) is 1.76. The molecule has 6 heteroatoms. The first kappa shape index (κ1) is 17.2. The van der Waals surface area contributed by atoms with Crippen LogP contribution in [0, 0.1) is 0 Å². The van der Waals surface area contributed by atoms with Crippen molar-refractivity contribution in [1.29, 1.82) is 0 Å². The molecule has 4 nitrogen and oxygen atoms in total. The molecular formula is C18H20N2O2S2. The van der Waals surface area contributed by atoms with E-state index in [-0.39, 0.29) is 0 Å². The molecule has 0 aromatic heterocycles. The molecular weight excluding hydrogens is 340 g/mol. The average Bonchev–Trinajstić information content (AvgIpc) is 3.16. The molecule has 126 valence electrons. The van der Waals surface area contributed by atoms with E-state index in [1.807, 2.05) is 18.4 Å². The van der Waals surface area contributed by atoms with Crippen LogP contribution in [-0.2, 0) is 10.0 Å². The Hall–Kier alpha value is -1.63. The minimum atomic E-state index is -3.35. The molecule has 0 atom stereocenters. The molecule has 2 aromatic carbocycles. The molecule has 2 aromatic rings. The van der Waals surface area contributed by atoms with Crippen molar-refractivity contribution in [2.24, 2.45) is 4.99 Å². The van der Waals surface area contributed by atoms with Gasteiger partial charge in [-0.25, -0.2) is 8.42 Å². The van der Waals surface area contributed by atoms with E-state index in [1.54, 1.807) is 46.5 Å². The number of hydrogen-bond acceptors (Lipinski definition) is 4. The molecule has 1 fully saturated rings. The molecule has 0 saturated carbocycles. The fourth-order valence-corrected chi connectivity index (χ4v) is 4.55. The van der Waals surface area contributed by atoms with Gasteiger partial charge in [-0.2, -0.15) is 4.31 Å². The Morgan fingerprint density at radius 3 is 2.21 bits per heavy atom. The maximum atomic E-state index is 12.5. The fourth-order valence-electron chi connectivity index (χ4n) is 2.62. The van der Waals surface area contributed by atoms with Crippen LogP contribution in [0.15, 0.2) is 63.3 Å². The zero-order valence-electron chi connectivity index (χ0n) is 13.6. The van der Waals surface area contributed by atoms with Crippen LogP contribution in [-0.4, -0.2) is 38.3 Å². The van der Waals surface area contributed by atoms with E-state index < -0.39 is 10.0 Å². The largest absolute Gasteiger partial charge is 0.256 e. The lowest BCUT2D eigenvalue weighted by Gasteiger charge is -2.15. The van der Waals surface area contributed by atoms with Gasteiger partial charge in [0.25, 0.3) is 0 Å². The number of nitrogens with zero attached hydrogens (tertiary/aromatic N) is 2. The monoisotopic (exact) mass is 360 g/mol. The number of thioether (sulfide) groups is 1. The van der Waals surface area contributed by atoms with E-state index in [9.17, 15) is 8.42 Å². The van der Waals surface area contributed by atoms with Crippen LogP contribution in [0.25, 0.3) is 0 Å². The third-order valence-electron chi connectivity index (χ3n) is 4.02. The predicted molar refractivity (Wildman–Crippen MR) is 99.9 cm³/mol. The smallest absolute Gasteiger partial charge is 0.243 e. The van der Waals surface area contributed by atoms with Gasteiger partial charge >= 0.3 is 0 Å². The molecule has 1 aliphatic heterocycles. The van der Waals surface area contributed by atoms with Crippen molar-refractivity contribution in [3.05, 3.63) is 54.1 Å². The molecule has 0 bridgehead atoms. The minimum Gasteiger partial charge on any atom is -0.256 e. The Morgan fingerprint density at radius 1 is 1.00 bits per heavy atom. The molecule has 0 N–H and O–H groups in total. The van der Waals surface area contributed by atoms with Gasteiger partial charge in [-0.1, -0.05) is 12.1 Å². The first-order valence-corrected chi connectivity index (χ1v) is 10.5. The zero-order chi connectivity index (χ0) is 17.0. The van der Waals surface area contributed by atoms with E-state index in [4.69, 9.17) is 0 Å². The van der Waals surface area contributed by atoms with E-state index in [0.29, 0.717) is 18.0 Å². The first-order valence-electron chi connectivity index (χ1n) is 7.88. The summed E-state index contributed by atoms with van der Waals surface area (Å²) in [4.78, 5) is 5.96. The Balaban J connectivity index is 1.73. The minimum absolute atomic E-state index is 0.340. The van der Waals surface area contributed by atoms with Gasteiger partial charge in [0.05, 0.1) is 10.6 Å². The Kier molecular flexibility index (Phi) is 5.38. The van der Waals surface area contributed by atoms with Crippen molar-refractivity contribution in [3.63, 3.8) is 0 Å². The van der Waals surface area contributed by atoms with Crippen LogP contribution in [0.3, 0.4) is 0 Å². The third kappa shape index (κ3) is 3.88. The second kappa shape index (κ2) is 7.51. The highest BCUT2D eigenvalue weighted by Crippen LogP contribution is 2.23. The third-order valence-corrected chi connectivity index (χ3v) is 6.67. The van der Waals surface area contributed by atoms with Crippen LogP contribution in [0.4, 0.5) is 5.69 Å². The number of hydrogen-bond donors (Lipinski definition) is 0. The molecule has 0 unspecified atom stereocenters. The zero-order valence-corrected chi connectivity index (χ0v) is 15.2. The lowest BCUT2D eigenvalue weighted by atomic mass is 10.2. The SMILES string of the molecule is CSc1ccc(C=Nc2ccc(S(=O)(=O)N3CCCC3)cc2)cc1. The van der Waals surface area contributed by atoms with Crippen LogP contribution in [0.5, 0.6) is 0 Å². The molecule has 24 heavy (non-hydrogen) atoms. The summed E-state index contributed by atoms with van der Waals surface area (Å²) in [5, 5.41) is 0. The van der Waals surface area contributed by atoms with Crippen LogP contribution < -0.4 is 0 Å². The quantitative estimate of drug-likeness (QED) is 0.599. The van der Waals surface area contributed by atoms with Crippen molar-refractivity contribution in [1.82, 2.24) is 4.31 Å². The average molecular weight is 361 g/mol. The molecule has 1 heterocycles. The predicted octanol–water partition coefficient (Wildman–Crippen LogP) is 3.94. The van der Waals surface area contributed by atoms with E-state index in [1.165, 1.54) is 4.90 Å². The Morgan fingerprint density at radius 2 is 1.62 bits per heavy atom. The maximum absolute atomic E-state index is 12.5. The number of sulfonamides is 1. The summed E-state index contributed by atoms with van der Waals surface area (Å²) in [6, 6.07) is 14.9. The van der Waals surface area contributed by atoms with Crippen molar-refractivity contribution in [3.8, 4) is 0 Å². The van der Waals surface area contributed by atoms with Crippen LogP contribution in [0.1, 0.15) is 18.4 Å². The molecule has 3 rings (SSSR count). The van der Waals surface area contributed by atoms with Crippen molar-refractivity contribution in [2.75, 3.05) is 19.3 Å². The van der Waals surface area contributed by atoms with Gasteiger partial charge in [0.15, 0.2) is 0 Å². The van der Waals surface area contributed by atoms with E-state index in [2.05, 4.69) is 17.1 Å². The van der Waals surface area contributed by atoms with Gasteiger partial charge < -0.3 is 0 Å². The molecule has 1 aliphatic rings. The van der Waals surface area contributed by atoms with E-state index in [0.717, 1.165) is 24.1 Å². The van der Waals surface area contributed by atoms with E-state index >= 15 is 0 Å². The normalized spacial score (nSPS) is 16.0. The van der Waals surface area contributed by atoms with Gasteiger partial charge in [0, 0.05) is 24.2 Å². The summed E-state index contributed by atoms with van der Waals surface area (Å²) >= 11 is 1.70. The van der Waals surface area contributed by atoms with Gasteiger partial charge in [-0.15, -0.1) is 11.8 Å². The fraction of sp³-hybridized carbons (Fsp3) is 0.278. The Labute approximate surface area is 147 Å². The summed E-state index contributed by atoms with van der Waals surface area (Å²) in [6.07, 6.45) is 5.71. The topological polar surface area (TPSA) is 49.7 Å². The van der Waals surface area contributed by atoms with Crippen molar-refractivity contribution >= 4 is 33.7 Å². The molecule has 0 radical (unpaired) electrons. The molecule has 0 aliphatic carbocycles. The number of aliphatic imine (C=N–C) groups is 1. The maximum Gasteiger partial charge on any atom is 0.243 e. The highest BCUT2D eigenvalue weighted by molar-refractivity contribution is 7.98.